The molecule has 0 aliphatic rings. The van der Waals surface area contributed by atoms with E-state index < -0.39 is 24.3 Å². The number of imide groups is 1. The van der Waals surface area contributed by atoms with Gasteiger partial charge in [-0.25, -0.2) is 15.0 Å². The van der Waals surface area contributed by atoms with Crippen molar-refractivity contribution in [3.05, 3.63) is 34.0 Å². The molecule has 2 aromatic heterocycles. The molecule has 0 aliphatic heterocycles. The minimum absolute atomic E-state index is 0.109. The van der Waals surface area contributed by atoms with Crippen molar-refractivity contribution in [2.24, 2.45) is 0 Å². The Balaban J connectivity index is 2.00. The number of carbonyl (C=O) groups excluding carboxylic acids is 2. The summed E-state index contributed by atoms with van der Waals surface area (Å²) in [5.74, 6) is -1.44. The second-order valence-corrected chi connectivity index (χ2v) is 9.09. The van der Waals surface area contributed by atoms with Crippen molar-refractivity contribution >= 4 is 29.1 Å². The Morgan fingerprint density at radius 1 is 1.33 bits per heavy atom. The average molecular weight is 475 g/mol. The molecule has 0 radical (unpaired) electrons. The number of nitrogens with one attached hydrogen (secondary N) is 1. The van der Waals surface area contributed by atoms with E-state index >= 15 is 0 Å². The second-order valence-electron chi connectivity index (χ2n) is 8.20. The van der Waals surface area contributed by atoms with Gasteiger partial charge < -0.3 is 15.2 Å². The number of hydrogen-bond donors (Lipinski definition) is 2. The van der Waals surface area contributed by atoms with Crippen molar-refractivity contribution in [1.29, 1.82) is 5.26 Å². The molecule has 10 nitrogen and oxygen atoms in total. The fraction of sp³-hybridized carbons (Fsp3) is 0.545. The Morgan fingerprint density at radius 3 is 2.70 bits per heavy atom. The quantitative estimate of drug-likeness (QED) is 0.468. The molecule has 33 heavy (non-hydrogen) atoms. The van der Waals surface area contributed by atoms with Gasteiger partial charge >= 0.3 is 0 Å². The largest absolute Gasteiger partial charge is 0.387 e. The third kappa shape index (κ3) is 7.56. The van der Waals surface area contributed by atoms with Crippen LogP contribution in [0.25, 0.3) is 0 Å². The first-order valence-electron chi connectivity index (χ1n) is 10.6. The summed E-state index contributed by atoms with van der Waals surface area (Å²) in [5.41, 5.74) is 1.35. The molecular weight excluding hydrogens is 444 g/mol. The van der Waals surface area contributed by atoms with E-state index in [1.54, 1.807) is 19.2 Å². The highest BCUT2D eigenvalue weighted by molar-refractivity contribution is 7.09. The molecule has 2 heterocycles. The zero-order valence-electron chi connectivity index (χ0n) is 19.4. The topological polar surface area (TPSA) is 141 Å². The van der Waals surface area contributed by atoms with Crippen LogP contribution in [0.5, 0.6) is 0 Å². The lowest BCUT2D eigenvalue weighted by atomic mass is 9.93. The van der Waals surface area contributed by atoms with Crippen molar-refractivity contribution in [1.82, 2.24) is 19.9 Å². The minimum atomic E-state index is -0.750. The van der Waals surface area contributed by atoms with E-state index in [0.717, 1.165) is 10.6 Å². The summed E-state index contributed by atoms with van der Waals surface area (Å²) < 4.78 is 5.06. The van der Waals surface area contributed by atoms with E-state index in [-0.39, 0.29) is 18.6 Å². The second kappa shape index (κ2) is 12.3. The molecule has 0 saturated carbocycles. The van der Waals surface area contributed by atoms with Crippen molar-refractivity contribution in [3.63, 3.8) is 0 Å². The van der Waals surface area contributed by atoms with Gasteiger partial charge in [-0.3, -0.25) is 14.5 Å². The number of nitrogens with zero attached hydrogens (tertiary/aromatic N) is 5. The highest BCUT2D eigenvalue weighted by Crippen LogP contribution is 2.30. The summed E-state index contributed by atoms with van der Waals surface area (Å²) in [6.45, 7) is 7.84. The summed E-state index contributed by atoms with van der Waals surface area (Å²) in [5, 5.41) is 24.5. The Morgan fingerprint density at radius 2 is 2.09 bits per heavy atom. The van der Waals surface area contributed by atoms with Gasteiger partial charge in [0, 0.05) is 36.7 Å². The van der Waals surface area contributed by atoms with Crippen LogP contribution in [0, 0.1) is 11.3 Å². The molecule has 2 rings (SSSR count). The number of aliphatic hydroxyl groups excluding tert-OH is 1. The first kappa shape index (κ1) is 26.3. The Labute approximate surface area is 197 Å². The number of aromatic nitrogens is 3. The van der Waals surface area contributed by atoms with Gasteiger partial charge in [-0.05, 0) is 19.4 Å². The standard InChI is InChI=1S/C22H30N6O4S/c1-5-32-13-19(31)28(18(30)12-29)10-6-8-24-21-25-9-7-16(26-21)15(11-23)20-27-17(14-33-20)22(2,3)4/h7,9,14-15,29H,5-6,8,10,12-13H2,1-4H3,(H,24,25,26). The Kier molecular flexibility index (Phi) is 9.84. The number of carbonyl (C=O) groups is 2. The number of nitriles is 1. The van der Waals surface area contributed by atoms with Crippen molar-refractivity contribution < 1.29 is 19.4 Å². The predicted octanol–water partition coefficient (Wildman–Crippen LogP) is 2.07. The van der Waals surface area contributed by atoms with Crippen molar-refractivity contribution in [2.45, 2.75) is 45.4 Å². The van der Waals surface area contributed by atoms with Crippen LogP contribution < -0.4 is 5.32 Å². The maximum atomic E-state index is 12.1. The number of ether oxygens (including phenoxy) is 1. The number of rotatable bonds is 11. The molecule has 2 amide bonds. The summed E-state index contributed by atoms with van der Waals surface area (Å²) in [6, 6.07) is 3.96. The summed E-state index contributed by atoms with van der Waals surface area (Å²) >= 11 is 1.43. The molecule has 0 saturated heterocycles. The van der Waals surface area contributed by atoms with E-state index in [1.165, 1.54) is 11.3 Å². The van der Waals surface area contributed by atoms with Crippen molar-refractivity contribution in [3.8, 4) is 6.07 Å². The molecular formula is C22H30N6O4S. The van der Waals surface area contributed by atoms with Gasteiger partial charge in [0.1, 0.15) is 24.1 Å². The van der Waals surface area contributed by atoms with E-state index in [1.807, 2.05) is 5.38 Å². The van der Waals surface area contributed by atoms with Gasteiger partial charge in [-0.15, -0.1) is 11.3 Å². The highest BCUT2D eigenvalue weighted by Gasteiger charge is 2.24. The lowest BCUT2D eigenvalue weighted by Crippen LogP contribution is -2.42. The van der Waals surface area contributed by atoms with Crippen LogP contribution in [0.15, 0.2) is 17.6 Å². The van der Waals surface area contributed by atoms with E-state index in [9.17, 15) is 14.9 Å². The molecule has 2 aromatic rings. The first-order valence-corrected chi connectivity index (χ1v) is 11.5. The SMILES string of the molecule is CCOCC(=O)N(CCCNc1nccc(C(C#N)c2nc(C(C)(C)C)cs2)n1)C(=O)CO. The van der Waals surface area contributed by atoms with Crippen LogP contribution in [0.1, 0.15) is 56.4 Å². The van der Waals surface area contributed by atoms with Crippen molar-refractivity contribution in [2.75, 3.05) is 38.2 Å². The van der Waals surface area contributed by atoms with Crippen LogP contribution in [0.2, 0.25) is 0 Å². The van der Waals surface area contributed by atoms with E-state index in [4.69, 9.17) is 9.84 Å². The van der Waals surface area contributed by atoms with Crippen LogP contribution in [0.4, 0.5) is 5.95 Å². The maximum Gasteiger partial charge on any atom is 0.255 e. The van der Waals surface area contributed by atoms with Gasteiger partial charge in [-0.2, -0.15) is 5.26 Å². The molecule has 0 fully saturated rings. The summed E-state index contributed by atoms with van der Waals surface area (Å²) in [4.78, 5) is 38.2. The summed E-state index contributed by atoms with van der Waals surface area (Å²) in [7, 11) is 0. The van der Waals surface area contributed by atoms with Gasteiger partial charge in [0.25, 0.3) is 11.8 Å². The van der Waals surface area contributed by atoms with Gasteiger partial charge in [0.05, 0.1) is 17.5 Å². The monoisotopic (exact) mass is 474 g/mol. The smallest absolute Gasteiger partial charge is 0.255 e. The normalized spacial score (nSPS) is 12.1. The lowest BCUT2D eigenvalue weighted by Gasteiger charge is -2.20. The van der Waals surface area contributed by atoms with Gasteiger partial charge in [0.2, 0.25) is 5.95 Å². The number of thiazole rings is 1. The van der Waals surface area contributed by atoms with Gasteiger partial charge in [0.15, 0.2) is 0 Å². The van der Waals surface area contributed by atoms with Gasteiger partial charge in [-0.1, -0.05) is 20.8 Å². The van der Waals surface area contributed by atoms with Crippen LogP contribution >= 0.6 is 11.3 Å². The van der Waals surface area contributed by atoms with Crippen LogP contribution in [-0.2, 0) is 19.7 Å². The average Bonchev–Trinajstić information content (AvgIpc) is 3.28. The molecule has 178 valence electrons. The zero-order valence-corrected chi connectivity index (χ0v) is 20.2. The molecule has 0 aliphatic carbocycles. The Hall–Kier alpha value is -2.94. The Bertz CT molecular complexity index is 982. The number of amides is 2. The fourth-order valence-corrected chi connectivity index (χ4v) is 3.91. The molecule has 1 atom stereocenters. The summed E-state index contributed by atoms with van der Waals surface area (Å²) in [6.07, 6.45) is 1.99. The fourth-order valence-electron chi connectivity index (χ4n) is 2.81. The predicted molar refractivity (Wildman–Crippen MR) is 124 cm³/mol. The molecule has 0 aromatic carbocycles. The third-order valence-corrected chi connectivity index (χ3v) is 5.56. The van der Waals surface area contributed by atoms with E-state index in [2.05, 4.69) is 47.1 Å². The zero-order chi connectivity index (χ0) is 24.4. The lowest BCUT2D eigenvalue weighted by molar-refractivity contribution is -0.149. The first-order chi connectivity index (χ1) is 15.7. The van der Waals surface area contributed by atoms with Crippen LogP contribution in [-0.4, -0.2) is 69.7 Å². The molecule has 0 bridgehead atoms. The maximum absolute atomic E-state index is 12.1. The highest BCUT2D eigenvalue weighted by atomic mass is 32.1. The molecule has 11 heteroatoms. The van der Waals surface area contributed by atoms with Crippen LogP contribution in [0.3, 0.4) is 0 Å². The number of anilines is 1. The number of aliphatic hydroxyl groups is 1. The molecule has 2 N–H and O–H groups in total. The number of hydrogen-bond acceptors (Lipinski definition) is 10. The third-order valence-electron chi connectivity index (χ3n) is 4.65. The van der Waals surface area contributed by atoms with E-state index in [0.29, 0.717) is 36.2 Å². The molecule has 1 unspecified atom stereocenters. The molecule has 0 spiro atoms. The minimum Gasteiger partial charge on any atom is -0.387 e.